The summed E-state index contributed by atoms with van der Waals surface area (Å²) in [6.45, 7) is 3.13. The monoisotopic (exact) mass is 751 g/mol. The predicted octanol–water partition coefficient (Wildman–Crippen LogP) is 9.83. The second kappa shape index (κ2) is 14.1. The van der Waals surface area contributed by atoms with Gasteiger partial charge in [0, 0.05) is 22.5 Å². The van der Waals surface area contributed by atoms with Crippen LogP contribution in [-0.4, -0.2) is 24.5 Å². The van der Waals surface area contributed by atoms with Crippen LogP contribution in [0.2, 0.25) is 0 Å². The Balaban J connectivity index is 2.03. The summed E-state index contributed by atoms with van der Waals surface area (Å²) in [6.07, 6.45) is -15.6. The molecule has 1 atom stereocenters. The second-order valence-corrected chi connectivity index (χ2v) is 11.7. The molecule has 1 N–H and O–H groups in total. The third-order valence-corrected chi connectivity index (χ3v) is 7.43. The van der Waals surface area contributed by atoms with Gasteiger partial charge in [-0.25, -0.2) is 13.2 Å². The largest absolute Gasteiger partial charge is 0.488 e. The molecular formula is C33H24BrF10NO3. The first kappa shape index (κ1) is 36.6. The number of halogens is 11. The van der Waals surface area contributed by atoms with Gasteiger partial charge in [0.05, 0.1) is 17.2 Å². The third kappa shape index (κ3) is 8.41. The molecule has 256 valence electrons. The molecule has 0 saturated heterocycles. The van der Waals surface area contributed by atoms with Crippen molar-refractivity contribution in [2.45, 2.75) is 50.6 Å². The molecule has 15 heteroatoms. The maximum absolute atomic E-state index is 15.2. The first-order chi connectivity index (χ1) is 22.3. The van der Waals surface area contributed by atoms with Crippen molar-refractivity contribution in [2.75, 3.05) is 0 Å². The number of ether oxygens (including phenoxy) is 2. The fraction of sp³-hybridized carbons (Fsp3) is 0.242. The molecule has 0 spiro atoms. The van der Waals surface area contributed by atoms with Gasteiger partial charge in [0.2, 0.25) is 0 Å². The molecule has 4 aromatic rings. The van der Waals surface area contributed by atoms with Crippen molar-refractivity contribution in [1.29, 1.82) is 0 Å². The smallest absolute Gasteiger partial charge is 0.461 e. The zero-order valence-electron chi connectivity index (χ0n) is 24.7. The lowest BCUT2D eigenvalue weighted by atomic mass is 9.77. The van der Waals surface area contributed by atoms with Gasteiger partial charge in [-0.1, -0.05) is 34.1 Å². The van der Waals surface area contributed by atoms with Crippen molar-refractivity contribution < 1.29 is 58.2 Å². The topological polar surface area (TPSA) is 47.6 Å². The molecule has 4 rings (SSSR count). The van der Waals surface area contributed by atoms with E-state index < -0.39 is 82.6 Å². The maximum atomic E-state index is 15.2. The Bertz CT molecular complexity index is 1780. The van der Waals surface area contributed by atoms with Crippen LogP contribution in [0, 0.1) is 17.5 Å². The Hall–Kier alpha value is -4.27. The van der Waals surface area contributed by atoms with E-state index in [1.54, 1.807) is 26.0 Å². The average molecular weight is 752 g/mol. The van der Waals surface area contributed by atoms with E-state index in [9.17, 15) is 44.3 Å². The zero-order chi connectivity index (χ0) is 35.6. The van der Waals surface area contributed by atoms with Gasteiger partial charge in [-0.3, -0.25) is 4.79 Å². The molecule has 0 aromatic heterocycles. The Kier molecular flexibility index (Phi) is 10.7. The Labute approximate surface area is 275 Å². The SMILES string of the molecule is CC(C)Oc1cc([C@](Cc2ccc(Br)cc2)(NC(=O)c2ccc(F)c(C(F)(F)F)c2)c2cc(F)cc(OC(F)(F)C(F)F)c2)ccc1F. The lowest BCUT2D eigenvalue weighted by Crippen LogP contribution is -2.49. The molecule has 4 nitrogen and oxygen atoms in total. The molecule has 0 radical (unpaired) electrons. The van der Waals surface area contributed by atoms with Crippen LogP contribution < -0.4 is 14.8 Å². The molecule has 48 heavy (non-hydrogen) atoms. The summed E-state index contributed by atoms with van der Waals surface area (Å²) in [5, 5.41) is 2.50. The molecule has 0 heterocycles. The highest BCUT2D eigenvalue weighted by Crippen LogP contribution is 2.40. The fourth-order valence-electron chi connectivity index (χ4n) is 4.80. The molecule has 0 aliphatic heterocycles. The number of nitrogens with one attached hydrogen (secondary N) is 1. The first-order valence-electron chi connectivity index (χ1n) is 13.9. The first-order valence-corrected chi connectivity index (χ1v) is 14.7. The van der Waals surface area contributed by atoms with E-state index in [2.05, 4.69) is 26.0 Å². The number of hydrogen-bond donors (Lipinski definition) is 1. The van der Waals surface area contributed by atoms with Crippen LogP contribution in [0.1, 0.15) is 46.5 Å². The van der Waals surface area contributed by atoms with Gasteiger partial charge in [0.1, 0.15) is 17.4 Å². The minimum Gasteiger partial charge on any atom is -0.488 e. The van der Waals surface area contributed by atoms with Gasteiger partial charge in [-0.2, -0.15) is 30.7 Å². The highest BCUT2D eigenvalue weighted by Gasteiger charge is 2.45. The van der Waals surface area contributed by atoms with Crippen molar-refractivity contribution in [1.82, 2.24) is 5.32 Å². The Morgan fingerprint density at radius 3 is 2.06 bits per heavy atom. The number of carbonyl (C=O) groups excluding carboxylic acids is 1. The highest BCUT2D eigenvalue weighted by atomic mass is 79.9. The van der Waals surface area contributed by atoms with E-state index in [0.29, 0.717) is 22.2 Å². The minimum absolute atomic E-state index is 0.105. The van der Waals surface area contributed by atoms with Crippen molar-refractivity contribution in [2.24, 2.45) is 0 Å². The Morgan fingerprint density at radius 2 is 1.46 bits per heavy atom. The summed E-state index contributed by atoms with van der Waals surface area (Å²) in [5.41, 5.74) is -4.87. The van der Waals surface area contributed by atoms with Gasteiger partial charge in [0.15, 0.2) is 11.6 Å². The molecule has 0 saturated carbocycles. The zero-order valence-corrected chi connectivity index (χ0v) is 26.3. The number of rotatable bonds is 11. The van der Waals surface area contributed by atoms with E-state index in [1.807, 2.05) is 0 Å². The molecule has 0 fully saturated rings. The second-order valence-electron chi connectivity index (χ2n) is 10.8. The van der Waals surface area contributed by atoms with Crippen molar-refractivity contribution >= 4 is 21.8 Å². The molecule has 0 aliphatic rings. The predicted molar refractivity (Wildman–Crippen MR) is 158 cm³/mol. The number of amides is 1. The quantitative estimate of drug-likeness (QED) is 0.155. The minimum atomic E-state index is -5.21. The van der Waals surface area contributed by atoms with Crippen LogP contribution in [0.25, 0.3) is 0 Å². The normalized spacial score (nSPS) is 13.4. The molecule has 0 bridgehead atoms. The number of benzene rings is 4. The van der Waals surface area contributed by atoms with Crippen molar-refractivity contribution in [3.05, 3.63) is 129 Å². The third-order valence-electron chi connectivity index (χ3n) is 6.90. The van der Waals surface area contributed by atoms with E-state index in [0.717, 1.165) is 36.4 Å². The Morgan fingerprint density at radius 1 is 0.812 bits per heavy atom. The van der Waals surface area contributed by atoms with Crippen molar-refractivity contribution in [3.63, 3.8) is 0 Å². The van der Waals surface area contributed by atoms with Crippen LogP contribution in [-0.2, 0) is 18.1 Å². The van der Waals surface area contributed by atoms with Crippen LogP contribution >= 0.6 is 15.9 Å². The van der Waals surface area contributed by atoms with Gasteiger partial charge in [-0.05, 0) is 85.1 Å². The number of hydrogen-bond acceptors (Lipinski definition) is 3. The summed E-state index contributed by atoms with van der Waals surface area (Å²) < 4.78 is 149. The van der Waals surface area contributed by atoms with Crippen LogP contribution in [0.3, 0.4) is 0 Å². The molecule has 4 aromatic carbocycles. The molecule has 0 unspecified atom stereocenters. The molecule has 1 amide bonds. The average Bonchev–Trinajstić information content (AvgIpc) is 2.97. The van der Waals surface area contributed by atoms with Gasteiger partial charge in [0.25, 0.3) is 5.91 Å². The van der Waals surface area contributed by atoms with Gasteiger partial charge < -0.3 is 14.8 Å². The summed E-state index contributed by atoms with van der Waals surface area (Å²) >= 11 is 3.26. The van der Waals surface area contributed by atoms with Gasteiger partial charge >= 0.3 is 18.7 Å². The standard InChI is InChI=1S/C33H24BrF10NO3/c1-17(2)47-28-14-20(6-10-27(28)37)31(16-18-3-7-22(34)8-4-18,21-12-23(35)15-24(13-21)48-33(43,44)30(38)39)45-29(46)19-5-9-26(36)25(11-19)32(40,41)42/h3-15,17,30H,16H2,1-2H3,(H,45,46)/t31-/m0/s1. The summed E-state index contributed by atoms with van der Waals surface area (Å²) in [5.74, 6) is -6.64. The van der Waals surface area contributed by atoms with Crippen LogP contribution in [0.5, 0.6) is 11.5 Å². The van der Waals surface area contributed by atoms with Gasteiger partial charge in [-0.15, -0.1) is 0 Å². The van der Waals surface area contributed by atoms with Crippen LogP contribution in [0.15, 0.2) is 83.3 Å². The summed E-state index contributed by atoms with van der Waals surface area (Å²) in [6, 6.07) is 12.5. The van der Waals surface area contributed by atoms with E-state index in [4.69, 9.17) is 4.74 Å². The van der Waals surface area contributed by atoms with Crippen LogP contribution in [0.4, 0.5) is 43.9 Å². The maximum Gasteiger partial charge on any atom is 0.461 e. The highest BCUT2D eigenvalue weighted by molar-refractivity contribution is 9.10. The fourth-order valence-corrected chi connectivity index (χ4v) is 5.06. The molecular weight excluding hydrogens is 728 g/mol. The lowest BCUT2D eigenvalue weighted by molar-refractivity contribution is -0.253. The summed E-state index contributed by atoms with van der Waals surface area (Å²) in [4.78, 5) is 13.8. The van der Waals surface area contributed by atoms with Crippen molar-refractivity contribution in [3.8, 4) is 11.5 Å². The van der Waals surface area contributed by atoms with E-state index >= 15 is 4.39 Å². The van der Waals surface area contributed by atoms with E-state index in [-0.39, 0.29) is 17.4 Å². The summed E-state index contributed by atoms with van der Waals surface area (Å²) in [7, 11) is 0. The molecule has 0 aliphatic carbocycles. The number of carbonyl (C=O) groups is 1. The van der Waals surface area contributed by atoms with E-state index in [1.165, 1.54) is 12.1 Å². The lowest BCUT2D eigenvalue weighted by Gasteiger charge is -2.37. The number of alkyl halides is 7.